The van der Waals surface area contributed by atoms with Crippen molar-refractivity contribution in [3.05, 3.63) is 69.6 Å². The molecule has 1 saturated heterocycles. The van der Waals surface area contributed by atoms with Gasteiger partial charge in [0.25, 0.3) is 5.91 Å². The topological polar surface area (TPSA) is 51.1 Å². The van der Waals surface area contributed by atoms with Gasteiger partial charge in [-0.1, -0.05) is 41.9 Å². The molecule has 0 atom stereocenters. The maximum Gasteiger partial charge on any atom is 0.286 e. The van der Waals surface area contributed by atoms with Crippen molar-refractivity contribution in [2.45, 2.75) is 6.61 Å². The molecule has 0 bridgehead atoms. The number of hydrogen-bond acceptors (Lipinski definition) is 5. The Hall–Kier alpha value is -2.28. The number of carbonyl (C=O) groups excluding carboxylic acids is 1. The number of hydrogen-bond donors (Lipinski definition) is 0. The van der Waals surface area contributed by atoms with E-state index < -0.39 is 0 Å². The fourth-order valence-corrected chi connectivity index (χ4v) is 4.03. The molecule has 4 rings (SSSR count). The maximum atomic E-state index is 12.2. The van der Waals surface area contributed by atoms with E-state index in [1.54, 1.807) is 0 Å². The highest BCUT2D eigenvalue weighted by Gasteiger charge is 2.27. The number of amides is 1. The molecule has 0 aliphatic carbocycles. The van der Waals surface area contributed by atoms with Gasteiger partial charge in [0.2, 0.25) is 0 Å². The molecule has 2 aliphatic rings. The van der Waals surface area contributed by atoms with Crippen LogP contribution in [0.3, 0.4) is 0 Å². The molecule has 2 aromatic carbocycles. The predicted molar refractivity (Wildman–Crippen MR) is 113 cm³/mol. The van der Waals surface area contributed by atoms with Crippen LogP contribution >= 0.6 is 23.4 Å². The van der Waals surface area contributed by atoms with Gasteiger partial charge < -0.3 is 14.4 Å². The monoisotopic (exact) mass is 414 g/mol. The SMILES string of the molecule is O=C1N=C(N2CCOCC2)S/C1=C/c1ccc(OCc2ccccc2Cl)cc1. The number of morpholine rings is 1. The van der Waals surface area contributed by atoms with Gasteiger partial charge in [-0.05, 0) is 41.6 Å². The van der Waals surface area contributed by atoms with Crippen LogP contribution < -0.4 is 4.74 Å². The van der Waals surface area contributed by atoms with Gasteiger partial charge in [0, 0.05) is 23.7 Å². The third kappa shape index (κ3) is 4.58. The lowest BCUT2D eigenvalue weighted by Crippen LogP contribution is -2.38. The molecule has 0 aromatic heterocycles. The molecule has 0 N–H and O–H groups in total. The van der Waals surface area contributed by atoms with Gasteiger partial charge in [0.05, 0.1) is 18.1 Å². The van der Waals surface area contributed by atoms with Crippen LogP contribution in [0.2, 0.25) is 5.02 Å². The molecule has 7 heteroatoms. The van der Waals surface area contributed by atoms with Crippen LogP contribution in [0.1, 0.15) is 11.1 Å². The van der Waals surface area contributed by atoms with E-state index in [-0.39, 0.29) is 5.91 Å². The zero-order chi connectivity index (χ0) is 19.3. The molecule has 0 unspecified atom stereocenters. The summed E-state index contributed by atoms with van der Waals surface area (Å²) in [6, 6.07) is 15.2. The van der Waals surface area contributed by atoms with Crippen molar-refractivity contribution in [2.24, 2.45) is 4.99 Å². The molecule has 144 valence electrons. The minimum absolute atomic E-state index is 0.189. The number of nitrogens with zero attached hydrogens (tertiary/aromatic N) is 2. The van der Waals surface area contributed by atoms with Crippen LogP contribution in [-0.2, 0) is 16.1 Å². The minimum atomic E-state index is -0.189. The number of rotatable bonds is 4. The number of aliphatic imine (C=N–C) groups is 1. The third-order valence-electron chi connectivity index (χ3n) is 4.42. The predicted octanol–water partition coefficient (Wildman–Crippen LogP) is 4.22. The standard InChI is InChI=1S/C21H19ClN2O3S/c22-18-4-2-1-3-16(18)14-27-17-7-5-15(6-8-17)13-19-20(25)23-21(28-19)24-9-11-26-12-10-24/h1-8,13H,9-12,14H2/b19-13+. The third-order valence-corrected chi connectivity index (χ3v) is 5.83. The summed E-state index contributed by atoms with van der Waals surface area (Å²) in [7, 11) is 0. The van der Waals surface area contributed by atoms with E-state index in [2.05, 4.69) is 9.89 Å². The van der Waals surface area contributed by atoms with Gasteiger partial charge in [0.15, 0.2) is 5.17 Å². The fraction of sp³-hybridized carbons (Fsp3) is 0.238. The summed E-state index contributed by atoms with van der Waals surface area (Å²) < 4.78 is 11.1. The average Bonchev–Trinajstić information content (AvgIpc) is 3.09. The number of thioether (sulfide) groups is 1. The summed E-state index contributed by atoms with van der Waals surface area (Å²) in [5.41, 5.74) is 1.87. The first-order valence-corrected chi connectivity index (χ1v) is 10.2. The zero-order valence-corrected chi connectivity index (χ0v) is 16.7. The Balaban J connectivity index is 1.37. The van der Waals surface area contributed by atoms with E-state index in [0.29, 0.717) is 29.7 Å². The van der Waals surface area contributed by atoms with E-state index in [0.717, 1.165) is 35.1 Å². The minimum Gasteiger partial charge on any atom is -0.489 e. The summed E-state index contributed by atoms with van der Waals surface area (Å²) in [6.07, 6.45) is 1.86. The van der Waals surface area contributed by atoms with Crippen molar-refractivity contribution in [3.63, 3.8) is 0 Å². The Bertz CT molecular complexity index is 922. The number of amidine groups is 1. The van der Waals surface area contributed by atoms with E-state index in [9.17, 15) is 4.79 Å². The lowest BCUT2D eigenvalue weighted by Gasteiger charge is -2.27. The molecule has 0 radical (unpaired) electrons. The van der Waals surface area contributed by atoms with Crippen LogP contribution in [0.15, 0.2) is 58.4 Å². The van der Waals surface area contributed by atoms with E-state index >= 15 is 0 Å². The van der Waals surface area contributed by atoms with E-state index in [1.807, 2.05) is 54.6 Å². The highest BCUT2D eigenvalue weighted by atomic mass is 35.5. The largest absolute Gasteiger partial charge is 0.489 e. The van der Waals surface area contributed by atoms with Crippen molar-refractivity contribution in [1.82, 2.24) is 4.90 Å². The van der Waals surface area contributed by atoms with Crippen LogP contribution in [0.4, 0.5) is 0 Å². The first-order valence-electron chi connectivity index (χ1n) is 9.00. The Labute approximate surface area is 173 Å². The van der Waals surface area contributed by atoms with Crippen LogP contribution in [0.25, 0.3) is 6.08 Å². The number of ether oxygens (including phenoxy) is 2. The van der Waals surface area contributed by atoms with Gasteiger partial charge >= 0.3 is 0 Å². The van der Waals surface area contributed by atoms with Crippen molar-refractivity contribution in [3.8, 4) is 5.75 Å². The zero-order valence-electron chi connectivity index (χ0n) is 15.1. The highest BCUT2D eigenvalue weighted by molar-refractivity contribution is 8.18. The molecule has 28 heavy (non-hydrogen) atoms. The molecule has 2 heterocycles. The van der Waals surface area contributed by atoms with E-state index in [1.165, 1.54) is 11.8 Å². The van der Waals surface area contributed by atoms with Gasteiger partial charge in [-0.15, -0.1) is 0 Å². The van der Waals surface area contributed by atoms with Crippen LogP contribution in [0.5, 0.6) is 5.75 Å². The second kappa shape index (κ2) is 8.82. The molecule has 1 fully saturated rings. The van der Waals surface area contributed by atoms with Crippen LogP contribution in [0, 0.1) is 0 Å². The smallest absolute Gasteiger partial charge is 0.286 e. The van der Waals surface area contributed by atoms with Crippen molar-refractivity contribution >= 4 is 40.5 Å². The lowest BCUT2D eigenvalue weighted by molar-refractivity contribution is -0.113. The van der Waals surface area contributed by atoms with Gasteiger partial charge in [-0.2, -0.15) is 4.99 Å². The van der Waals surface area contributed by atoms with Gasteiger partial charge in [-0.3, -0.25) is 4.79 Å². The second-order valence-electron chi connectivity index (χ2n) is 6.36. The maximum absolute atomic E-state index is 12.2. The fourth-order valence-electron chi connectivity index (χ4n) is 2.88. The van der Waals surface area contributed by atoms with Crippen molar-refractivity contribution in [1.29, 1.82) is 0 Å². The molecular formula is C21H19ClN2O3S. The summed E-state index contributed by atoms with van der Waals surface area (Å²) >= 11 is 7.57. The number of halogens is 1. The Morgan fingerprint density at radius 2 is 1.89 bits per heavy atom. The molecule has 2 aliphatic heterocycles. The van der Waals surface area contributed by atoms with Crippen molar-refractivity contribution in [2.75, 3.05) is 26.3 Å². The molecular weight excluding hydrogens is 396 g/mol. The first-order chi connectivity index (χ1) is 13.7. The Morgan fingerprint density at radius 3 is 2.64 bits per heavy atom. The van der Waals surface area contributed by atoms with E-state index in [4.69, 9.17) is 21.1 Å². The lowest BCUT2D eigenvalue weighted by atomic mass is 10.2. The second-order valence-corrected chi connectivity index (χ2v) is 7.78. The summed E-state index contributed by atoms with van der Waals surface area (Å²) in [4.78, 5) is 19.1. The molecule has 0 spiro atoms. The molecule has 2 aromatic rings. The molecule has 5 nitrogen and oxygen atoms in total. The highest BCUT2D eigenvalue weighted by Crippen LogP contribution is 2.31. The Kier molecular flexibility index (Phi) is 6.00. The Morgan fingerprint density at radius 1 is 1.14 bits per heavy atom. The summed E-state index contributed by atoms with van der Waals surface area (Å²) in [5, 5.41) is 1.45. The average molecular weight is 415 g/mol. The first kappa shape index (κ1) is 19.1. The van der Waals surface area contributed by atoms with Crippen molar-refractivity contribution < 1.29 is 14.3 Å². The summed E-state index contributed by atoms with van der Waals surface area (Å²) in [6.45, 7) is 3.28. The summed E-state index contributed by atoms with van der Waals surface area (Å²) in [5.74, 6) is 0.559. The van der Waals surface area contributed by atoms with Crippen LogP contribution in [-0.4, -0.2) is 42.3 Å². The normalized spacial score (nSPS) is 18.5. The molecule has 1 amide bonds. The number of carbonyl (C=O) groups is 1. The quantitative estimate of drug-likeness (QED) is 0.701. The van der Waals surface area contributed by atoms with Gasteiger partial charge in [-0.25, -0.2) is 0 Å². The number of benzene rings is 2. The molecule has 0 saturated carbocycles. The van der Waals surface area contributed by atoms with Gasteiger partial charge in [0.1, 0.15) is 12.4 Å².